The number of nitrogens with zero attached hydrogens (tertiary/aromatic N) is 6. The molecule has 4 heterocycles. The van der Waals surface area contributed by atoms with Crippen LogP contribution in [0.3, 0.4) is 0 Å². The number of amides is 2. The first-order valence-electron chi connectivity index (χ1n) is 14.4. The van der Waals surface area contributed by atoms with Gasteiger partial charge in [0.25, 0.3) is 11.5 Å². The summed E-state index contributed by atoms with van der Waals surface area (Å²) in [4.78, 5) is 45.3. The van der Waals surface area contributed by atoms with E-state index in [2.05, 4.69) is 25.8 Å². The number of anilines is 1. The van der Waals surface area contributed by atoms with E-state index in [0.717, 1.165) is 16.5 Å². The minimum absolute atomic E-state index is 0.00674. The molecule has 0 fully saturated rings. The van der Waals surface area contributed by atoms with E-state index < -0.39 is 23.6 Å². The lowest BCUT2D eigenvalue weighted by Gasteiger charge is -2.22. The number of benzene rings is 2. The van der Waals surface area contributed by atoms with E-state index >= 15 is 0 Å². The zero-order valence-electron chi connectivity index (χ0n) is 25.5. The van der Waals surface area contributed by atoms with Crippen molar-refractivity contribution in [2.24, 2.45) is 7.05 Å². The number of carbonyl (C=O) groups is 2. The van der Waals surface area contributed by atoms with Crippen LogP contribution in [0.2, 0.25) is 0 Å². The van der Waals surface area contributed by atoms with Crippen molar-refractivity contribution in [1.29, 1.82) is 0 Å². The molecule has 45 heavy (non-hydrogen) atoms. The Morgan fingerprint density at radius 3 is 2.51 bits per heavy atom. The minimum atomic E-state index is -0.759. The molecule has 0 unspecified atom stereocenters. The highest BCUT2D eigenvalue weighted by atomic mass is 16.6. The summed E-state index contributed by atoms with van der Waals surface area (Å²) in [5.41, 5.74) is 2.09. The molecule has 0 aliphatic heterocycles. The molecule has 6 rings (SSSR count). The van der Waals surface area contributed by atoms with E-state index in [1.165, 1.54) is 10.7 Å². The maximum atomic E-state index is 14.4. The molecule has 0 aliphatic carbocycles. The van der Waals surface area contributed by atoms with Crippen LogP contribution in [0.25, 0.3) is 33.2 Å². The SMILES string of the molecule is C[C@H](NC(=O)c1c(NC(=O)OC(C)(C)C)nn2cccnc12)c1cc2cccc(-c3cnn(C)c3)c2c(=O)n1-c1ccccc1. The largest absolute Gasteiger partial charge is 0.444 e. The highest BCUT2D eigenvalue weighted by Crippen LogP contribution is 2.29. The van der Waals surface area contributed by atoms with Crippen LogP contribution in [0, 0.1) is 0 Å². The zero-order valence-corrected chi connectivity index (χ0v) is 25.5. The lowest BCUT2D eigenvalue weighted by atomic mass is 9.99. The Balaban J connectivity index is 1.44. The molecule has 2 aromatic carbocycles. The molecule has 12 heteroatoms. The Hall–Kier alpha value is -5.78. The molecular weight excluding hydrogens is 572 g/mol. The summed E-state index contributed by atoms with van der Waals surface area (Å²) < 4.78 is 10.1. The summed E-state index contributed by atoms with van der Waals surface area (Å²) in [6.45, 7) is 7.01. The zero-order chi connectivity index (χ0) is 31.9. The second kappa shape index (κ2) is 11.4. The van der Waals surface area contributed by atoms with Gasteiger partial charge in [-0.05, 0) is 62.9 Å². The molecule has 0 aliphatic rings. The fraction of sp³-hybridized carbons (Fsp3) is 0.212. The fourth-order valence-corrected chi connectivity index (χ4v) is 5.27. The third kappa shape index (κ3) is 5.77. The van der Waals surface area contributed by atoms with Gasteiger partial charge < -0.3 is 10.1 Å². The topological polar surface area (TPSA) is 137 Å². The molecule has 0 spiro atoms. The maximum Gasteiger partial charge on any atom is 0.413 e. The number of rotatable bonds is 6. The standard InChI is InChI=1S/C33H32N8O4/c1-20(36-30(42)27-28(37-32(44)45-33(2,3)4)38-40-16-10-15-34-29(27)40)25-17-21-11-9-14-24(22-18-35-39(5)19-22)26(21)31(43)41(25)23-12-7-6-8-13-23/h6-20H,1-5H3,(H,36,42)(H,37,38,44)/t20-/m0/s1. The number of aryl methyl sites for hydroxylation is 1. The second-order valence-electron chi connectivity index (χ2n) is 11.7. The third-order valence-corrected chi connectivity index (χ3v) is 7.14. The number of aromatic nitrogens is 6. The number of pyridine rings is 1. The van der Waals surface area contributed by atoms with Gasteiger partial charge in [0.05, 0.1) is 17.6 Å². The van der Waals surface area contributed by atoms with Crippen LogP contribution in [0.1, 0.15) is 49.8 Å². The van der Waals surface area contributed by atoms with E-state index in [1.807, 2.05) is 67.8 Å². The van der Waals surface area contributed by atoms with E-state index in [-0.39, 0.29) is 22.6 Å². The average molecular weight is 605 g/mol. The summed E-state index contributed by atoms with van der Waals surface area (Å²) in [6.07, 6.45) is 5.99. The highest BCUT2D eigenvalue weighted by molar-refractivity contribution is 6.07. The predicted molar refractivity (Wildman–Crippen MR) is 170 cm³/mol. The molecule has 2 amide bonds. The van der Waals surface area contributed by atoms with Crippen molar-refractivity contribution in [2.45, 2.75) is 39.3 Å². The van der Waals surface area contributed by atoms with Gasteiger partial charge in [-0.2, -0.15) is 5.10 Å². The third-order valence-electron chi connectivity index (χ3n) is 7.14. The normalized spacial score (nSPS) is 12.3. The summed E-state index contributed by atoms with van der Waals surface area (Å²) in [6, 6.07) is 17.8. The fourth-order valence-electron chi connectivity index (χ4n) is 5.27. The van der Waals surface area contributed by atoms with Gasteiger partial charge in [-0.25, -0.2) is 14.3 Å². The van der Waals surface area contributed by atoms with Crippen LogP contribution in [-0.2, 0) is 11.8 Å². The van der Waals surface area contributed by atoms with Crippen molar-refractivity contribution < 1.29 is 14.3 Å². The van der Waals surface area contributed by atoms with E-state index in [4.69, 9.17) is 4.74 Å². The highest BCUT2D eigenvalue weighted by Gasteiger charge is 2.27. The molecule has 0 saturated carbocycles. The van der Waals surface area contributed by atoms with E-state index in [9.17, 15) is 14.4 Å². The number of nitrogens with one attached hydrogen (secondary N) is 2. The first-order valence-corrected chi connectivity index (χ1v) is 14.4. The second-order valence-corrected chi connectivity index (χ2v) is 11.7. The maximum absolute atomic E-state index is 14.4. The van der Waals surface area contributed by atoms with Crippen LogP contribution < -0.4 is 16.2 Å². The van der Waals surface area contributed by atoms with Crippen LogP contribution in [-0.4, -0.2) is 46.5 Å². The first kappa shape index (κ1) is 29.3. The van der Waals surface area contributed by atoms with Gasteiger partial charge in [0.2, 0.25) is 0 Å². The van der Waals surface area contributed by atoms with Crippen molar-refractivity contribution in [1.82, 2.24) is 34.3 Å². The molecular formula is C33H32N8O4. The van der Waals surface area contributed by atoms with Crippen LogP contribution >= 0.6 is 0 Å². The predicted octanol–water partition coefficient (Wildman–Crippen LogP) is 5.27. The Bertz CT molecular complexity index is 2120. The Morgan fingerprint density at radius 1 is 1.02 bits per heavy atom. The average Bonchev–Trinajstić information content (AvgIpc) is 3.59. The Morgan fingerprint density at radius 2 is 1.80 bits per heavy atom. The molecule has 1 atom stereocenters. The first-order chi connectivity index (χ1) is 21.5. The van der Waals surface area contributed by atoms with E-state index in [1.54, 1.807) is 55.4 Å². The van der Waals surface area contributed by atoms with Crippen molar-refractivity contribution in [2.75, 3.05) is 5.32 Å². The number of para-hydroxylation sites is 1. The van der Waals surface area contributed by atoms with Crippen molar-refractivity contribution in [3.8, 4) is 16.8 Å². The van der Waals surface area contributed by atoms with Gasteiger partial charge in [-0.1, -0.05) is 36.4 Å². The molecule has 12 nitrogen and oxygen atoms in total. The van der Waals surface area contributed by atoms with Gasteiger partial charge in [-0.3, -0.25) is 24.2 Å². The van der Waals surface area contributed by atoms with Crippen molar-refractivity contribution in [3.63, 3.8) is 0 Å². The summed E-state index contributed by atoms with van der Waals surface area (Å²) in [5.74, 6) is -0.550. The Labute approximate surface area is 258 Å². The summed E-state index contributed by atoms with van der Waals surface area (Å²) in [5, 5.41) is 15.5. The van der Waals surface area contributed by atoms with Crippen molar-refractivity contribution >= 4 is 34.2 Å². The van der Waals surface area contributed by atoms with Crippen molar-refractivity contribution in [3.05, 3.63) is 107 Å². The number of hydrogen-bond acceptors (Lipinski definition) is 7. The molecule has 4 aromatic heterocycles. The van der Waals surface area contributed by atoms with Gasteiger partial charge in [0, 0.05) is 42.6 Å². The molecule has 6 aromatic rings. The molecule has 0 saturated heterocycles. The smallest absolute Gasteiger partial charge is 0.413 e. The number of carbonyl (C=O) groups excluding carboxylic acids is 2. The lowest BCUT2D eigenvalue weighted by molar-refractivity contribution is 0.0635. The summed E-state index contributed by atoms with van der Waals surface area (Å²) >= 11 is 0. The van der Waals surface area contributed by atoms with Gasteiger partial charge in [-0.15, -0.1) is 5.10 Å². The van der Waals surface area contributed by atoms with Crippen LogP contribution in [0.15, 0.2) is 90.2 Å². The molecule has 0 radical (unpaired) electrons. The quantitative estimate of drug-likeness (QED) is 0.264. The number of ether oxygens (including phenoxy) is 1. The van der Waals surface area contributed by atoms with E-state index in [0.29, 0.717) is 16.8 Å². The van der Waals surface area contributed by atoms with Crippen LogP contribution in [0.4, 0.5) is 10.6 Å². The summed E-state index contributed by atoms with van der Waals surface area (Å²) in [7, 11) is 1.83. The van der Waals surface area contributed by atoms with Gasteiger partial charge in [0.15, 0.2) is 11.5 Å². The monoisotopic (exact) mass is 604 g/mol. The molecule has 2 N–H and O–H groups in total. The number of fused-ring (bicyclic) bond motifs is 2. The Kier molecular flexibility index (Phi) is 7.41. The number of hydrogen-bond donors (Lipinski definition) is 2. The van der Waals surface area contributed by atoms with Crippen LogP contribution in [0.5, 0.6) is 0 Å². The lowest BCUT2D eigenvalue weighted by Crippen LogP contribution is -2.33. The van der Waals surface area contributed by atoms with Gasteiger partial charge in [0.1, 0.15) is 11.2 Å². The minimum Gasteiger partial charge on any atom is -0.444 e. The molecule has 0 bridgehead atoms. The molecule has 228 valence electrons. The van der Waals surface area contributed by atoms with Gasteiger partial charge >= 0.3 is 6.09 Å².